The standard InChI is InChI=1S/C14H16O4/c1-9-7-11-10(12(8-9)16-2)5-6-13(15)14(11,17-3)18-4/h5-8H,1-4H3. The first kappa shape index (κ1) is 12.8. The Morgan fingerprint density at radius 3 is 2.28 bits per heavy atom. The first-order chi connectivity index (χ1) is 8.58. The molecule has 0 atom stereocenters. The molecule has 0 N–H and O–H groups in total. The smallest absolute Gasteiger partial charge is 0.260 e. The van der Waals surface area contributed by atoms with E-state index in [1.807, 2.05) is 19.1 Å². The molecule has 1 aliphatic carbocycles. The molecule has 0 saturated carbocycles. The summed E-state index contributed by atoms with van der Waals surface area (Å²) >= 11 is 0. The molecule has 0 amide bonds. The summed E-state index contributed by atoms with van der Waals surface area (Å²) in [7, 11) is 4.51. The van der Waals surface area contributed by atoms with Crippen LogP contribution in [0.1, 0.15) is 16.7 Å². The highest BCUT2D eigenvalue weighted by Gasteiger charge is 2.43. The van der Waals surface area contributed by atoms with Gasteiger partial charge >= 0.3 is 0 Å². The minimum Gasteiger partial charge on any atom is -0.496 e. The third kappa shape index (κ3) is 1.65. The van der Waals surface area contributed by atoms with Crippen molar-refractivity contribution in [3.05, 3.63) is 34.9 Å². The van der Waals surface area contributed by atoms with Crippen LogP contribution >= 0.6 is 0 Å². The fourth-order valence-electron chi connectivity index (χ4n) is 2.28. The lowest BCUT2D eigenvalue weighted by molar-refractivity contribution is -0.209. The minimum absolute atomic E-state index is 0.229. The predicted molar refractivity (Wildman–Crippen MR) is 67.5 cm³/mol. The second-order valence-electron chi connectivity index (χ2n) is 4.15. The number of rotatable bonds is 3. The van der Waals surface area contributed by atoms with Crippen LogP contribution in [0.2, 0.25) is 0 Å². The van der Waals surface area contributed by atoms with Crippen molar-refractivity contribution in [1.82, 2.24) is 0 Å². The van der Waals surface area contributed by atoms with Crippen LogP contribution in [-0.4, -0.2) is 27.1 Å². The van der Waals surface area contributed by atoms with Crippen LogP contribution in [-0.2, 0) is 20.1 Å². The number of carbonyl (C=O) groups excluding carboxylic acids is 1. The molecular weight excluding hydrogens is 232 g/mol. The number of aryl methyl sites for hydroxylation is 1. The van der Waals surface area contributed by atoms with Crippen molar-refractivity contribution in [1.29, 1.82) is 0 Å². The summed E-state index contributed by atoms with van der Waals surface area (Å²) < 4.78 is 16.0. The van der Waals surface area contributed by atoms with E-state index in [0.29, 0.717) is 11.3 Å². The van der Waals surface area contributed by atoms with E-state index in [4.69, 9.17) is 14.2 Å². The number of benzene rings is 1. The van der Waals surface area contributed by atoms with Gasteiger partial charge in [-0.25, -0.2) is 0 Å². The number of fused-ring (bicyclic) bond motifs is 1. The average Bonchev–Trinajstić information content (AvgIpc) is 2.38. The third-order valence-electron chi connectivity index (χ3n) is 3.16. The summed E-state index contributed by atoms with van der Waals surface area (Å²) in [4.78, 5) is 12.1. The van der Waals surface area contributed by atoms with Gasteiger partial charge in [0.05, 0.1) is 7.11 Å². The third-order valence-corrected chi connectivity index (χ3v) is 3.16. The van der Waals surface area contributed by atoms with Crippen molar-refractivity contribution in [3.8, 4) is 5.75 Å². The van der Waals surface area contributed by atoms with E-state index < -0.39 is 5.79 Å². The van der Waals surface area contributed by atoms with Gasteiger partial charge in [-0.1, -0.05) is 0 Å². The number of hydrogen-bond acceptors (Lipinski definition) is 4. The van der Waals surface area contributed by atoms with Gasteiger partial charge in [-0.15, -0.1) is 0 Å². The number of methoxy groups -OCH3 is 3. The van der Waals surface area contributed by atoms with Crippen LogP contribution in [0.25, 0.3) is 6.08 Å². The lowest BCUT2D eigenvalue weighted by Crippen LogP contribution is -2.41. The van der Waals surface area contributed by atoms with Gasteiger partial charge in [0.25, 0.3) is 5.79 Å². The van der Waals surface area contributed by atoms with Crippen LogP contribution in [0, 0.1) is 6.92 Å². The Kier molecular flexibility index (Phi) is 3.24. The Hall–Kier alpha value is -1.65. The van der Waals surface area contributed by atoms with E-state index in [1.54, 1.807) is 13.2 Å². The number of carbonyl (C=O) groups is 1. The van der Waals surface area contributed by atoms with Gasteiger partial charge in [-0.3, -0.25) is 4.79 Å². The zero-order chi connectivity index (χ0) is 13.3. The molecule has 0 radical (unpaired) electrons. The van der Waals surface area contributed by atoms with Crippen LogP contribution in [0.4, 0.5) is 0 Å². The van der Waals surface area contributed by atoms with Crippen molar-refractivity contribution < 1.29 is 19.0 Å². The molecule has 1 aliphatic rings. The topological polar surface area (TPSA) is 44.8 Å². The summed E-state index contributed by atoms with van der Waals surface area (Å²) in [6, 6.07) is 3.79. The second-order valence-corrected chi connectivity index (χ2v) is 4.15. The summed E-state index contributed by atoms with van der Waals surface area (Å²) in [5.41, 5.74) is 2.47. The van der Waals surface area contributed by atoms with Crippen LogP contribution in [0.15, 0.2) is 18.2 Å². The van der Waals surface area contributed by atoms with Gasteiger partial charge in [0.2, 0.25) is 5.78 Å². The molecule has 0 unspecified atom stereocenters. The molecule has 4 nitrogen and oxygen atoms in total. The summed E-state index contributed by atoms with van der Waals surface area (Å²) in [5.74, 6) is -0.900. The molecule has 96 valence electrons. The van der Waals surface area contributed by atoms with Gasteiger partial charge in [-0.05, 0) is 36.8 Å². The summed E-state index contributed by atoms with van der Waals surface area (Å²) in [5, 5.41) is 0. The molecule has 1 aromatic carbocycles. The van der Waals surface area contributed by atoms with Gasteiger partial charge in [0, 0.05) is 25.3 Å². The molecule has 0 aromatic heterocycles. The molecule has 0 aliphatic heterocycles. The van der Waals surface area contributed by atoms with E-state index in [9.17, 15) is 4.79 Å². The Morgan fingerprint density at radius 2 is 1.72 bits per heavy atom. The molecule has 0 saturated heterocycles. The molecular formula is C14H16O4. The zero-order valence-corrected chi connectivity index (χ0v) is 10.9. The van der Waals surface area contributed by atoms with Crippen molar-refractivity contribution >= 4 is 11.9 Å². The first-order valence-electron chi connectivity index (χ1n) is 5.61. The SMILES string of the molecule is COc1cc(C)cc2c1C=CC(=O)C2(OC)OC. The molecule has 0 heterocycles. The first-order valence-corrected chi connectivity index (χ1v) is 5.61. The van der Waals surface area contributed by atoms with E-state index in [1.165, 1.54) is 20.3 Å². The Labute approximate surface area is 106 Å². The van der Waals surface area contributed by atoms with Crippen molar-refractivity contribution in [2.24, 2.45) is 0 Å². The Bertz CT molecular complexity index is 513. The number of ketones is 1. The maximum atomic E-state index is 12.1. The predicted octanol–water partition coefficient (Wildman–Crippen LogP) is 2.05. The molecule has 4 heteroatoms. The van der Waals surface area contributed by atoms with Gasteiger partial charge in [0.1, 0.15) is 5.75 Å². The van der Waals surface area contributed by atoms with Crippen molar-refractivity contribution in [3.63, 3.8) is 0 Å². The average molecular weight is 248 g/mol. The normalized spacial score (nSPS) is 16.6. The van der Waals surface area contributed by atoms with E-state index >= 15 is 0 Å². The van der Waals surface area contributed by atoms with Crippen molar-refractivity contribution in [2.75, 3.05) is 21.3 Å². The minimum atomic E-state index is -1.37. The quantitative estimate of drug-likeness (QED) is 0.768. The highest BCUT2D eigenvalue weighted by molar-refractivity contribution is 6.03. The van der Waals surface area contributed by atoms with Gasteiger partial charge in [0.15, 0.2) is 0 Å². The van der Waals surface area contributed by atoms with Crippen LogP contribution in [0.3, 0.4) is 0 Å². The fourth-order valence-corrected chi connectivity index (χ4v) is 2.28. The molecule has 0 spiro atoms. The highest BCUT2D eigenvalue weighted by Crippen LogP contribution is 2.39. The highest BCUT2D eigenvalue weighted by atomic mass is 16.7. The van der Waals surface area contributed by atoms with Gasteiger partial charge < -0.3 is 14.2 Å². The van der Waals surface area contributed by atoms with E-state index in [0.717, 1.165) is 11.1 Å². The Balaban J connectivity index is 2.75. The van der Waals surface area contributed by atoms with Crippen LogP contribution in [0.5, 0.6) is 5.75 Å². The molecule has 2 rings (SSSR count). The summed E-state index contributed by atoms with van der Waals surface area (Å²) in [6.07, 6.45) is 3.18. The van der Waals surface area contributed by atoms with E-state index in [2.05, 4.69) is 0 Å². The second kappa shape index (κ2) is 4.55. The zero-order valence-electron chi connectivity index (χ0n) is 10.9. The maximum absolute atomic E-state index is 12.1. The maximum Gasteiger partial charge on any atom is 0.260 e. The largest absolute Gasteiger partial charge is 0.496 e. The van der Waals surface area contributed by atoms with Gasteiger partial charge in [-0.2, -0.15) is 0 Å². The lowest BCUT2D eigenvalue weighted by atomic mass is 9.88. The monoisotopic (exact) mass is 248 g/mol. The fraction of sp³-hybridized carbons (Fsp3) is 0.357. The van der Waals surface area contributed by atoms with Crippen molar-refractivity contribution in [2.45, 2.75) is 12.7 Å². The molecule has 0 fully saturated rings. The summed E-state index contributed by atoms with van der Waals surface area (Å²) in [6.45, 7) is 1.93. The molecule has 1 aromatic rings. The van der Waals surface area contributed by atoms with Crippen LogP contribution < -0.4 is 4.74 Å². The number of ether oxygens (including phenoxy) is 3. The molecule has 18 heavy (non-hydrogen) atoms. The molecule has 0 bridgehead atoms. The number of hydrogen-bond donors (Lipinski definition) is 0. The lowest BCUT2D eigenvalue weighted by Gasteiger charge is -2.33. The van der Waals surface area contributed by atoms with E-state index in [-0.39, 0.29) is 5.78 Å². The Morgan fingerprint density at radius 1 is 1.06 bits per heavy atom.